The van der Waals surface area contributed by atoms with E-state index in [9.17, 15) is 0 Å². The third kappa shape index (κ3) is 6.99. The van der Waals surface area contributed by atoms with Crippen LogP contribution in [-0.2, 0) is 0 Å². The van der Waals surface area contributed by atoms with Gasteiger partial charge in [-0.3, -0.25) is 4.90 Å². The van der Waals surface area contributed by atoms with Crippen molar-refractivity contribution >= 4 is 11.6 Å². The Labute approximate surface area is 119 Å². The fraction of sp³-hybridized carbons (Fsp3) is 1.00. The van der Waals surface area contributed by atoms with Gasteiger partial charge in [0.2, 0.25) is 0 Å². The first-order valence-corrected chi connectivity index (χ1v) is 8.72. The molecule has 0 spiro atoms. The maximum Gasteiger partial charge on any atom is 0.0351 e. The van der Waals surface area contributed by atoms with Crippen LogP contribution < -0.4 is 0 Å². The molecule has 108 valence electrons. The Morgan fingerprint density at radius 1 is 0.889 bits per heavy atom. The first-order valence-electron chi connectivity index (χ1n) is 8.18. The highest BCUT2D eigenvalue weighted by Crippen LogP contribution is 2.25. The highest BCUT2D eigenvalue weighted by Gasteiger charge is 2.23. The molecule has 0 amide bonds. The molecule has 1 saturated carbocycles. The third-order valence-corrected chi connectivity index (χ3v) is 4.43. The largest absolute Gasteiger partial charge is 0.299 e. The summed E-state index contributed by atoms with van der Waals surface area (Å²) in [4.78, 5) is 2.63. The van der Waals surface area contributed by atoms with Crippen LogP contribution in [0.15, 0.2) is 0 Å². The number of halogens is 1. The summed E-state index contributed by atoms with van der Waals surface area (Å²) >= 11 is 5.89. The van der Waals surface area contributed by atoms with Crippen molar-refractivity contribution in [1.29, 1.82) is 0 Å². The first kappa shape index (κ1) is 16.3. The van der Waals surface area contributed by atoms with E-state index in [0.29, 0.717) is 0 Å². The average molecular weight is 274 g/mol. The van der Waals surface area contributed by atoms with Crippen molar-refractivity contribution < 1.29 is 0 Å². The highest BCUT2D eigenvalue weighted by molar-refractivity contribution is 6.18. The van der Waals surface area contributed by atoms with Crippen LogP contribution in [0, 0.1) is 0 Å². The molecule has 0 aromatic carbocycles. The van der Waals surface area contributed by atoms with Crippen LogP contribution >= 0.6 is 11.6 Å². The molecule has 0 unspecified atom stereocenters. The van der Waals surface area contributed by atoms with E-state index in [0.717, 1.165) is 18.5 Å². The number of hydrogen-bond donors (Lipinski definition) is 0. The number of rotatable bonds is 12. The van der Waals surface area contributed by atoms with Crippen molar-refractivity contribution in [2.24, 2.45) is 0 Å². The predicted octanol–water partition coefficient (Wildman–Crippen LogP) is 5.22. The minimum atomic E-state index is 0.799. The van der Waals surface area contributed by atoms with Gasteiger partial charge in [-0.25, -0.2) is 0 Å². The molecule has 1 rings (SSSR count). The van der Waals surface area contributed by atoms with Crippen molar-refractivity contribution in [2.45, 2.75) is 83.6 Å². The Morgan fingerprint density at radius 2 is 1.50 bits per heavy atom. The van der Waals surface area contributed by atoms with Crippen molar-refractivity contribution in [2.75, 3.05) is 19.0 Å². The van der Waals surface area contributed by atoms with Gasteiger partial charge < -0.3 is 0 Å². The third-order valence-electron chi connectivity index (χ3n) is 4.26. The zero-order valence-electron chi connectivity index (χ0n) is 12.3. The Kier molecular flexibility index (Phi) is 10.1. The molecule has 0 aromatic heterocycles. The normalized spacial score (nSPS) is 16.2. The second-order valence-corrected chi connectivity index (χ2v) is 6.16. The summed E-state index contributed by atoms with van der Waals surface area (Å²) < 4.78 is 0. The zero-order valence-corrected chi connectivity index (χ0v) is 13.1. The van der Waals surface area contributed by atoms with Gasteiger partial charge in [0.25, 0.3) is 0 Å². The average Bonchev–Trinajstić information content (AvgIpc) is 2.30. The quantitative estimate of drug-likeness (QED) is 0.348. The lowest BCUT2D eigenvalue weighted by Gasteiger charge is -2.37. The van der Waals surface area contributed by atoms with Crippen LogP contribution in [0.1, 0.15) is 77.6 Å². The van der Waals surface area contributed by atoms with Crippen molar-refractivity contribution in [3.8, 4) is 0 Å². The molecule has 1 fully saturated rings. The summed E-state index contributed by atoms with van der Waals surface area (Å²) in [5, 5.41) is 0. The molecule has 0 bridgehead atoms. The molecule has 0 N–H and O–H groups in total. The summed E-state index contributed by atoms with van der Waals surface area (Å²) in [6, 6.07) is 0.869. The predicted molar refractivity (Wildman–Crippen MR) is 82.5 cm³/mol. The molecular formula is C16H32ClN. The van der Waals surface area contributed by atoms with Crippen molar-refractivity contribution in [3.63, 3.8) is 0 Å². The lowest BCUT2D eigenvalue weighted by molar-refractivity contribution is 0.132. The van der Waals surface area contributed by atoms with E-state index in [1.165, 1.54) is 77.2 Å². The summed E-state index contributed by atoms with van der Waals surface area (Å²) in [6.45, 7) is 4.67. The molecule has 0 aliphatic heterocycles. The molecule has 0 atom stereocenters. The molecule has 1 aliphatic carbocycles. The van der Waals surface area contributed by atoms with Crippen LogP contribution in [0.2, 0.25) is 0 Å². The monoisotopic (exact) mass is 273 g/mol. The number of hydrogen-bond acceptors (Lipinski definition) is 1. The van der Waals surface area contributed by atoms with E-state index in [4.69, 9.17) is 11.6 Å². The van der Waals surface area contributed by atoms with Gasteiger partial charge in [0.15, 0.2) is 0 Å². The molecule has 0 radical (unpaired) electrons. The Balaban J connectivity index is 1.91. The minimum absolute atomic E-state index is 0.799. The lowest BCUT2D eigenvalue weighted by atomic mass is 9.91. The summed E-state index contributed by atoms with van der Waals surface area (Å²) in [5.41, 5.74) is 0. The van der Waals surface area contributed by atoms with Gasteiger partial charge in [-0.1, -0.05) is 58.3 Å². The zero-order chi connectivity index (χ0) is 13.1. The SMILES string of the molecule is CCCCCCCCCCN(CCCl)C1CCC1. The first-order chi connectivity index (χ1) is 8.88. The Morgan fingerprint density at radius 3 is 2.00 bits per heavy atom. The second kappa shape index (κ2) is 11.1. The van der Waals surface area contributed by atoms with Gasteiger partial charge in [0, 0.05) is 18.5 Å². The van der Waals surface area contributed by atoms with Gasteiger partial charge in [-0.15, -0.1) is 11.6 Å². The Bertz CT molecular complexity index is 180. The number of unbranched alkanes of at least 4 members (excludes halogenated alkanes) is 7. The summed E-state index contributed by atoms with van der Waals surface area (Å²) in [7, 11) is 0. The van der Waals surface area contributed by atoms with E-state index >= 15 is 0 Å². The van der Waals surface area contributed by atoms with E-state index in [-0.39, 0.29) is 0 Å². The number of alkyl halides is 1. The van der Waals surface area contributed by atoms with Crippen LogP contribution in [0.25, 0.3) is 0 Å². The smallest absolute Gasteiger partial charge is 0.0351 e. The lowest BCUT2D eigenvalue weighted by Crippen LogP contribution is -2.41. The summed E-state index contributed by atoms with van der Waals surface area (Å²) in [5.74, 6) is 0.799. The van der Waals surface area contributed by atoms with E-state index < -0.39 is 0 Å². The molecule has 18 heavy (non-hydrogen) atoms. The van der Waals surface area contributed by atoms with Crippen LogP contribution in [-0.4, -0.2) is 29.9 Å². The van der Waals surface area contributed by atoms with Crippen LogP contribution in [0.5, 0.6) is 0 Å². The van der Waals surface area contributed by atoms with E-state index in [1.807, 2.05) is 0 Å². The maximum absolute atomic E-state index is 5.89. The topological polar surface area (TPSA) is 3.24 Å². The van der Waals surface area contributed by atoms with Gasteiger partial charge in [0.1, 0.15) is 0 Å². The molecule has 0 aromatic rings. The number of nitrogens with zero attached hydrogens (tertiary/aromatic N) is 1. The second-order valence-electron chi connectivity index (χ2n) is 5.78. The Hall–Kier alpha value is 0.250. The molecule has 1 aliphatic rings. The fourth-order valence-corrected chi connectivity index (χ4v) is 3.00. The molecule has 0 heterocycles. The van der Waals surface area contributed by atoms with Gasteiger partial charge in [0.05, 0.1) is 0 Å². The molecule has 0 saturated heterocycles. The summed E-state index contributed by atoms with van der Waals surface area (Å²) in [6.07, 6.45) is 15.6. The van der Waals surface area contributed by atoms with E-state index in [2.05, 4.69) is 11.8 Å². The minimum Gasteiger partial charge on any atom is -0.299 e. The molecule has 1 nitrogen and oxygen atoms in total. The molecule has 2 heteroatoms. The van der Waals surface area contributed by atoms with Crippen molar-refractivity contribution in [3.05, 3.63) is 0 Å². The fourth-order valence-electron chi connectivity index (χ4n) is 2.79. The standard InChI is InChI=1S/C16H32ClN/c1-2-3-4-5-6-7-8-9-14-18(15-13-17)16-11-10-12-16/h16H,2-15H2,1H3. The highest BCUT2D eigenvalue weighted by atomic mass is 35.5. The van der Waals surface area contributed by atoms with Crippen LogP contribution in [0.4, 0.5) is 0 Å². The van der Waals surface area contributed by atoms with Gasteiger partial charge in [-0.05, 0) is 25.8 Å². The van der Waals surface area contributed by atoms with Crippen molar-refractivity contribution in [1.82, 2.24) is 4.90 Å². The van der Waals surface area contributed by atoms with Gasteiger partial charge in [-0.2, -0.15) is 0 Å². The molecular weight excluding hydrogens is 242 g/mol. The maximum atomic E-state index is 5.89. The van der Waals surface area contributed by atoms with Crippen LogP contribution in [0.3, 0.4) is 0 Å². The van der Waals surface area contributed by atoms with Gasteiger partial charge >= 0.3 is 0 Å². The van der Waals surface area contributed by atoms with E-state index in [1.54, 1.807) is 0 Å².